The van der Waals surface area contributed by atoms with Crippen LogP contribution in [0.1, 0.15) is 37.9 Å². The number of amides is 1. The number of aryl methyl sites for hydroxylation is 1. The van der Waals surface area contributed by atoms with Gasteiger partial charge in [-0.25, -0.2) is 0 Å². The van der Waals surface area contributed by atoms with Crippen molar-refractivity contribution in [1.82, 2.24) is 20.0 Å². The molecule has 0 aliphatic carbocycles. The number of benzene rings is 1. The number of carbonyl (C=O) groups excluding carboxylic acids is 1. The molecule has 130 valence electrons. The Balaban J connectivity index is 2.25. The Hall–Kier alpha value is -2.14. The molecule has 1 amide bonds. The Kier molecular flexibility index (Phi) is 5.78. The number of nitrogens with zero attached hydrogens (tertiary/aromatic N) is 3. The highest BCUT2D eigenvalue weighted by atomic mass is 16.2. The third-order valence-corrected chi connectivity index (χ3v) is 3.79. The molecule has 1 heterocycles. The lowest BCUT2D eigenvalue weighted by Gasteiger charge is -2.32. The van der Waals surface area contributed by atoms with E-state index in [-0.39, 0.29) is 17.4 Å². The predicted octanol–water partition coefficient (Wildman–Crippen LogP) is 2.76. The van der Waals surface area contributed by atoms with Crippen molar-refractivity contribution in [3.05, 3.63) is 53.9 Å². The number of aromatic nitrogens is 2. The average molecular weight is 328 g/mol. The van der Waals surface area contributed by atoms with Gasteiger partial charge < -0.3 is 10.2 Å². The first-order chi connectivity index (χ1) is 11.3. The van der Waals surface area contributed by atoms with Crippen molar-refractivity contribution in [2.24, 2.45) is 12.5 Å². The van der Waals surface area contributed by atoms with Crippen LogP contribution in [0.3, 0.4) is 0 Å². The summed E-state index contributed by atoms with van der Waals surface area (Å²) in [4.78, 5) is 15.1. The predicted molar refractivity (Wildman–Crippen MR) is 96.3 cm³/mol. The highest BCUT2D eigenvalue weighted by Gasteiger charge is 2.28. The third kappa shape index (κ3) is 4.93. The lowest BCUT2D eigenvalue weighted by Crippen LogP contribution is -2.43. The van der Waals surface area contributed by atoms with E-state index in [1.54, 1.807) is 10.9 Å². The molecule has 0 spiro atoms. The number of carbonyl (C=O) groups is 1. The number of hydrogen-bond donors (Lipinski definition) is 1. The molecule has 5 nitrogen and oxygen atoms in total. The molecule has 2 aromatic rings. The van der Waals surface area contributed by atoms with Crippen molar-refractivity contribution < 1.29 is 4.79 Å². The van der Waals surface area contributed by atoms with Gasteiger partial charge in [-0.1, -0.05) is 51.1 Å². The molecule has 0 aliphatic rings. The van der Waals surface area contributed by atoms with Gasteiger partial charge in [-0.2, -0.15) is 5.10 Å². The van der Waals surface area contributed by atoms with Crippen LogP contribution in [0, 0.1) is 5.41 Å². The topological polar surface area (TPSA) is 50.2 Å². The van der Waals surface area contributed by atoms with Gasteiger partial charge in [0, 0.05) is 31.9 Å². The van der Waals surface area contributed by atoms with Gasteiger partial charge in [0.1, 0.15) is 6.04 Å². The zero-order valence-corrected chi connectivity index (χ0v) is 15.3. The minimum absolute atomic E-state index is 0.0255. The largest absolute Gasteiger partial charge is 0.336 e. The normalized spacial score (nSPS) is 12.9. The highest BCUT2D eigenvalue weighted by Crippen LogP contribution is 2.22. The molecule has 0 bridgehead atoms. The SMILES string of the molecule is CNC(C(=O)N(Cc1ccccc1)CC(C)(C)C)c1cnn(C)c1. The molecule has 0 aliphatic heterocycles. The number of hydrogen-bond acceptors (Lipinski definition) is 3. The molecule has 0 saturated heterocycles. The molecule has 0 radical (unpaired) electrons. The highest BCUT2D eigenvalue weighted by molar-refractivity contribution is 5.83. The van der Waals surface area contributed by atoms with Crippen molar-refractivity contribution in [3.63, 3.8) is 0 Å². The van der Waals surface area contributed by atoms with E-state index >= 15 is 0 Å². The van der Waals surface area contributed by atoms with Crippen molar-refractivity contribution in [2.45, 2.75) is 33.4 Å². The fourth-order valence-electron chi connectivity index (χ4n) is 2.79. The van der Waals surface area contributed by atoms with E-state index in [1.807, 2.05) is 43.4 Å². The molecule has 1 atom stereocenters. The van der Waals surface area contributed by atoms with Gasteiger partial charge in [-0.15, -0.1) is 0 Å². The van der Waals surface area contributed by atoms with Crippen molar-refractivity contribution in [1.29, 1.82) is 0 Å². The summed E-state index contributed by atoms with van der Waals surface area (Å²) in [5, 5.41) is 7.33. The molecule has 0 saturated carbocycles. The molecule has 1 N–H and O–H groups in total. The summed E-state index contributed by atoms with van der Waals surface area (Å²) in [7, 11) is 3.67. The zero-order valence-electron chi connectivity index (χ0n) is 15.3. The number of likely N-dealkylation sites (N-methyl/N-ethyl adjacent to an activating group) is 1. The minimum atomic E-state index is -0.384. The number of nitrogens with one attached hydrogen (secondary N) is 1. The maximum atomic E-state index is 13.2. The molecular formula is C19H28N4O. The van der Waals surface area contributed by atoms with Crippen LogP contribution in [0.4, 0.5) is 0 Å². The monoisotopic (exact) mass is 328 g/mol. The fourth-order valence-corrected chi connectivity index (χ4v) is 2.79. The summed E-state index contributed by atoms with van der Waals surface area (Å²) in [5.74, 6) is 0.0734. The van der Waals surface area contributed by atoms with E-state index in [9.17, 15) is 4.79 Å². The van der Waals surface area contributed by atoms with Gasteiger partial charge in [0.25, 0.3) is 0 Å². The Morgan fingerprint density at radius 1 is 1.29 bits per heavy atom. The van der Waals surface area contributed by atoms with Crippen LogP contribution in [0.15, 0.2) is 42.7 Å². The second kappa shape index (κ2) is 7.62. The van der Waals surface area contributed by atoms with E-state index in [0.29, 0.717) is 13.1 Å². The molecule has 1 aromatic heterocycles. The summed E-state index contributed by atoms with van der Waals surface area (Å²) in [5.41, 5.74) is 2.05. The Morgan fingerprint density at radius 2 is 1.96 bits per heavy atom. The first kappa shape index (κ1) is 18.2. The molecular weight excluding hydrogens is 300 g/mol. The van der Waals surface area contributed by atoms with Gasteiger partial charge in [0.15, 0.2) is 0 Å². The maximum absolute atomic E-state index is 13.2. The van der Waals surface area contributed by atoms with Gasteiger partial charge in [0.2, 0.25) is 5.91 Å². The summed E-state index contributed by atoms with van der Waals surface area (Å²) in [6.07, 6.45) is 3.63. The summed E-state index contributed by atoms with van der Waals surface area (Å²) >= 11 is 0. The molecule has 5 heteroatoms. The molecule has 2 rings (SSSR count). The zero-order chi connectivity index (χ0) is 17.7. The van der Waals surface area contributed by atoms with Gasteiger partial charge in [-0.3, -0.25) is 9.48 Å². The van der Waals surface area contributed by atoms with E-state index < -0.39 is 0 Å². The van der Waals surface area contributed by atoms with Crippen LogP contribution in [-0.2, 0) is 18.4 Å². The smallest absolute Gasteiger partial charge is 0.244 e. The molecule has 0 fully saturated rings. The van der Waals surface area contributed by atoms with Crippen LogP contribution < -0.4 is 5.32 Å². The van der Waals surface area contributed by atoms with Crippen LogP contribution in [-0.4, -0.2) is 34.2 Å². The second-order valence-corrected chi connectivity index (χ2v) is 7.41. The lowest BCUT2D eigenvalue weighted by atomic mass is 9.95. The second-order valence-electron chi connectivity index (χ2n) is 7.41. The standard InChI is InChI=1S/C19H28N4O/c1-19(2,3)14-23(12-15-9-7-6-8-10-15)18(24)17(20-4)16-11-21-22(5)13-16/h6-11,13,17,20H,12,14H2,1-5H3. The summed E-state index contributed by atoms with van der Waals surface area (Å²) < 4.78 is 1.72. The Morgan fingerprint density at radius 3 is 2.46 bits per heavy atom. The fraction of sp³-hybridized carbons (Fsp3) is 0.474. The van der Waals surface area contributed by atoms with E-state index in [0.717, 1.165) is 11.1 Å². The summed E-state index contributed by atoms with van der Waals surface area (Å²) in [6.45, 7) is 7.75. The van der Waals surface area contributed by atoms with Crippen LogP contribution in [0.2, 0.25) is 0 Å². The van der Waals surface area contributed by atoms with Gasteiger partial charge >= 0.3 is 0 Å². The van der Waals surface area contributed by atoms with E-state index in [1.165, 1.54) is 0 Å². The lowest BCUT2D eigenvalue weighted by molar-refractivity contribution is -0.135. The minimum Gasteiger partial charge on any atom is -0.336 e. The van der Waals surface area contributed by atoms with E-state index in [2.05, 4.69) is 43.3 Å². The molecule has 1 unspecified atom stereocenters. The van der Waals surface area contributed by atoms with Crippen molar-refractivity contribution in [3.8, 4) is 0 Å². The van der Waals surface area contributed by atoms with Crippen LogP contribution in [0.5, 0.6) is 0 Å². The van der Waals surface area contributed by atoms with Crippen LogP contribution in [0.25, 0.3) is 0 Å². The molecule has 24 heavy (non-hydrogen) atoms. The Labute approximate surface area is 144 Å². The van der Waals surface area contributed by atoms with Gasteiger partial charge in [0.05, 0.1) is 6.20 Å². The first-order valence-electron chi connectivity index (χ1n) is 8.28. The van der Waals surface area contributed by atoms with Crippen molar-refractivity contribution >= 4 is 5.91 Å². The first-order valence-corrected chi connectivity index (χ1v) is 8.28. The van der Waals surface area contributed by atoms with Crippen LogP contribution >= 0.6 is 0 Å². The van der Waals surface area contributed by atoms with Gasteiger partial charge in [-0.05, 0) is 18.0 Å². The van der Waals surface area contributed by atoms with Crippen molar-refractivity contribution in [2.75, 3.05) is 13.6 Å². The molecule has 1 aromatic carbocycles. The van der Waals surface area contributed by atoms with E-state index in [4.69, 9.17) is 0 Å². The quantitative estimate of drug-likeness (QED) is 0.887. The third-order valence-electron chi connectivity index (χ3n) is 3.79. The maximum Gasteiger partial charge on any atom is 0.244 e. The summed E-state index contributed by atoms with van der Waals surface area (Å²) in [6, 6.07) is 9.73. The Bertz CT molecular complexity index is 658. The average Bonchev–Trinajstić information content (AvgIpc) is 2.93. The number of rotatable bonds is 6.